The van der Waals surface area contributed by atoms with Gasteiger partial charge in [-0.05, 0) is 31.6 Å². The summed E-state index contributed by atoms with van der Waals surface area (Å²) < 4.78 is 5.53. The number of morpholine rings is 1. The van der Waals surface area contributed by atoms with Crippen LogP contribution in [0.2, 0.25) is 0 Å². The molecule has 2 aliphatic rings. The molecule has 0 aromatic heterocycles. The van der Waals surface area contributed by atoms with Gasteiger partial charge in [-0.2, -0.15) is 0 Å². The van der Waals surface area contributed by atoms with Crippen LogP contribution in [0.3, 0.4) is 0 Å². The molecule has 2 rings (SSSR count). The van der Waals surface area contributed by atoms with Gasteiger partial charge < -0.3 is 14.7 Å². The SMILES string of the molecule is CCCC(O)(CCC)CC(=O)N1CCOCC1C1CC1. The van der Waals surface area contributed by atoms with Gasteiger partial charge in [-0.1, -0.05) is 26.7 Å². The molecule has 116 valence electrons. The third-order valence-electron chi connectivity index (χ3n) is 4.56. The highest BCUT2D eigenvalue weighted by atomic mass is 16.5. The van der Waals surface area contributed by atoms with E-state index in [9.17, 15) is 9.90 Å². The molecule has 0 radical (unpaired) electrons. The molecule has 0 spiro atoms. The first kappa shape index (κ1) is 15.8. The molecule has 0 aromatic rings. The van der Waals surface area contributed by atoms with Gasteiger partial charge in [0.2, 0.25) is 5.91 Å². The fourth-order valence-corrected chi connectivity index (χ4v) is 3.42. The van der Waals surface area contributed by atoms with Crippen LogP contribution in [0.5, 0.6) is 0 Å². The molecular formula is C16H29NO3. The summed E-state index contributed by atoms with van der Waals surface area (Å²) in [7, 11) is 0. The van der Waals surface area contributed by atoms with E-state index in [0.717, 1.165) is 12.8 Å². The molecule has 0 bridgehead atoms. The average molecular weight is 283 g/mol. The molecule has 0 aromatic carbocycles. The molecule has 4 nitrogen and oxygen atoms in total. The highest BCUT2D eigenvalue weighted by molar-refractivity contribution is 5.77. The van der Waals surface area contributed by atoms with Crippen molar-refractivity contribution in [1.29, 1.82) is 0 Å². The molecule has 1 saturated heterocycles. The fourth-order valence-electron chi connectivity index (χ4n) is 3.42. The van der Waals surface area contributed by atoms with E-state index < -0.39 is 5.60 Å². The lowest BCUT2D eigenvalue weighted by Gasteiger charge is -2.38. The van der Waals surface area contributed by atoms with Gasteiger partial charge >= 0.3 is 0 Å². The lowest BCUT2D eigenvalue weighted by molar-refractivity contribution is -0.146. The Morgan fingerprint density at radius 3 is 2.50 bits per heavy atom. The smallest absolute Gasteiger partial charge is 0.225 e. The van der Waals surface area contributed by atoms with E-state index in [1.54, 1.807) is 0 Å². The van der Waals surface area contributed by atoms with Gasteiger partial charge in [-0.3, -0.25) is 4.79 Å². The first-order chi connectivity index (χ1) is 9.59. The second-order valence-electron chi connectivity index (χ2n) is 6.47. The van der Waals surface area contributed by atoms with Crippen molar-refractivity contribution in [1.82, 2.24) is 4.90 Å². The van der Waals surface area contributed by atoms with Gasteiger partial charge in [-0.25, -0.2) is 0 Å². The summed E-state index contributed by atoms with van der Waals surface area (Å²) in [5.74, 6) is 0.749. The van der Waals surface area contributed by atoms with E-state index in [4.69, 9.17) is 4.74 Å². The zero-order valence-corrected chi connectivity index (χ0v) is 12.9. The third-order valence-corrected chi connectivity index (χ3v) is 4.56. The Kier molecular flexibility index (Phi) is 5.44. The van der Waals surface area contributed by atoms with Crippen LogP contribution in [-0.2, 0) is 9.53 Å². The average Bonchev–Trinajstić information content (AvgIpc) is 3.23. The molecular weight excluding hydrogens is 254 g/mol. The Bertz CT molecular complexity index is 322. The number of carbonyl (C=O) groups excluding carboxylic acids is 1. The molecule has 1 N–H and O–H groups in total. The number of hydrogen-bond acceptors (Lipinski definition) is 3. The maximum Gasteiger partial charge on any atom is 0.225 e. The van der Waals surface area contributed by atoms with Crippen molar-refractivity contribution in [2.45, 2.75) is 70.4 Å². The molecule has 1 aliphatic carbocycles. The van der Waals surface area contributed by atoms with Crippen molar-refractivity contribution in [3.63, 3.8) is 0 Å². The molecule has 1 unspecified atom stereocenters. The molecule has 2 fully saturated rings. The lowest BCUT2D eigenvalue weighted by atomic mass is 9.88. The van der Waals surface area contributed by atoms with Gasteiger partial charge in [0.05, 0.1) is 31.3 Å². The number of rotatable bonds is 7. The van der Waals surface area contributed by atoms with Crippen molar-refractivity contribution < 1.29 is 14.6 Å². The zero-order valence-electron chi connectivity index (χ0n) is 12.9. The molecule has 1 atom stereocenters. The van der Waals surface area contributed by atoms with Crippen LogP contribution < -0.4 is 0 Å². The van der Waals surface area contributed by atoms with E-state index in [1.807, 2.05) is 4.90 Å². The minimum absolute atomic E-state index is 0.120. The third kappa shape index (κ3) is 3.95. The summed E-state index contributed by atoms with van der Waals surface area (Å²) in [5, 5.41) is 10.7. The first-order valence-electron chi connectivity index (χ1n) is 8.19. The van der Waals surface area contributed by atoms with E-state index in [-0.39, 0.29) is 18.4 Å². The van der Waals surface area contributed by atoms with Crippen LogP contribution in [-0.4, -0.2) is 47.3 Å². The predicted octanol–water partition coefficient (Wildman–Crippen LogP) is 2.35. The number of hydrogen-bond donors (Lipinski definition) is 1. The summed E-state index contributed by atoms with van der Waals surface area (Å²) in [6.07, 6.45) is 5.96. The summed E-state index contributed by atoms with van der Waals surface area (Å²) >= 11 is 0. The van der Waals surface area contributed by atoms with Crippen molar-refractivity contribution >= 4 is 5.91 Å². The minimum atomic E-state index is -0.813. The second kappa shape index (κ2) is 6.90. The fraction of sp³-hybridized carbons (Fsp3) is 0.938. The van der Waals surface area contributed by atoms with Gasteiger partial charge in [0.15, 0.2) is 0 Å². The Hall–Kier alpha value is -0.610. The van der Waals surface area contributed by atoms with Crippen LogP contribution in [0.15, 0.2) is 0 Å². The van der Waals surface area contributed by atoms with Crippen molar-refractivity contribution in [2.75, 3.05) is 19.8 Å². The Morgan fingerprint density at radius 2 is 1.95 bits per heavy atom. The van der Waals surface area contributed by atoms with Crippen LogP contribution in [0.25, 0.3) is 0 Å². The minimum Gasteiger partial charge on any atom is -0.389 e. The Labute approximate surface area is 122 Å². The zero-order chi connectivity index (χ0) is 14.6. The summed E-state index contributed by atoms with van der Waals surface area (Å²) in [6, 6.07) is 0.253. The number of nitrogens with zero attached hydrogens (tertiary/aromatic N) is 1. The molecule has 1 aliphatic heterocycles. The molecule has 1 saturated carbocycles. The maximum absolute atomic E-state index is 12.6. The quantitative estimate of drug-likeness (QED) is 0.780. The van der Waals surface area contributed by atoms with Crippen LogP contribution in [0.1, 0.15) is 58.8 Å². The van der Waals surface area contributed by atoms with Crippen LogP contribution in [0, 0.1) is 5.92 Å². The number of ether oxygens (including phenoxy) is 1. The van der Waals surface area contributed by atoms with Gasteiger partial charge in [0, 0.05) is 6.54 Å². The summed E-state index contributed by atoms with van der Waals surface area (Å²) in [4.78, 5) is 14.6. The van der Waals surface area contributed by atoms with E-state index >= 15 is 0 Å². The standard InChI is InChI=1S/C16H29NO3/c1-3-7-16(19,8-4-2)11-15(18)17-9-10-20-12-14(17)13-5-6-13/h13-14,19H,3-12H2,1-2H3. The normalized spacial score (nSPS) is 23.9. The van der Waals surface area contributed by atoms with Crippen LogP contribution in [0.4, 0.5) is 0 Å². The molecule has 1 heterocycles. The predicted molar refractivity (Wildman–Crippen MR) is 78.4 cm³/mol. The summed E-state index contributed by atoms with van der Waals surface area (Å²) in [6.45, 7) is 6.12. The van der Waals surface area contributed by atoms with Crippen LogP contribution >= 0.6 is 0 Å². The number of amides is 1. The van der Waals surface area contributed by atoms with Gasteiger partial charge in [0.25, 0.3) is 0 Å². The molecule has 1 amide bonds. The van der Waals surface area contributed by atoms with Crippen molar-refractivity contribution in [3.05, 3.63) is 0 Å². The highest BCUT2D eigenvalue weighted by Crippen LogP contribution is 2.37. The maximum atomic E-state index is 12.6. The van der Waals surface area contributed by atoms with Crippen molar-refractivity contribution in [2.24, 2.45) is 5.92 Å². The first-order valence-corrected chi connectivity index (χ1v) is 8.19. The number of aliphatic hydroxyl groups is 1. The second-order valence-corrected chi connectivity index (χ2v) is 6.47. The van der Waals surface area contributed by atoms with Gasteiger partial charge in [-0.15, -0.1) is 0 Å². The lowest BCUT2D eigenvalue weighted by Crippen LogP contribution is -2.51. The van der Waals surface area contributed by atoms with Crippen molar-refractivity contribution in [3.8, 4) is 0 Å². The molecule has 4 heteroatoms. The molecule has 20 heavy (non-hydrogen) atoms. The van der Waals surface area contributed by atoms with E-state index in [0.29, 0.717) is 38.5 Å². The Morgan fingerprint density at radius 1 is 1.30 bits per heavy atom. The Balaban J connectivity index is 1.97. The summed E-state index contributed by atoms with van der Waals surface area (Å²) in [5.41, 5.74) is -0.813. The number of carbonyl (C=O) groups is 1. The van der Waals surface area contributed by atoms with E-state index in [2.05, 4.69) is 13.8 Å². The highest BCUT2D eigenvalue weighted by Gasteiger charge is 2.41. The van der Waals surface area contributed by atoms with Gasteiger partial charge in [0.1, 0.15) is 0 Å². The topological polar surface area (TPSA) is 49.8 Å². The largest absolute Gasteiger partial charge is 0.389 e. The van der Waals surface area contributed by atoms with E-state index in [1.165, 1.54) is 12.8 Å². The monoisotopic (exact) mass is 283 g/mol.